The monoisotopic (exact) mass is 150 g/mol. The van der Waals surface area contributed by atoms with Gasteiger partial charge in [-0.3, -0.25) is 4.79 Å². The van der Waals surface area contributed by atoms with Crippen molar-refractivity contribution in [2.45, 2.75) is 6.04 Å². The van der Waals surface area contributed by atoms with Crippen LogP contribution in [-0.2, 0) is 0 Å². The molecular weight excluding hydrogens is 140 g/mol. The minimum Gasteiger partial charge on any atom is -0.329 e. The van der Waals surface area contributed by atoms with Gasteiger partial charge in [0.2, 0.25) is 0 Å². The van der Waals surface area contributed by atoms with Crippen molar-refractivity contribution < 1.29 is 0 Å². The summed E-state index contributed by atoms with van der Waals surface area (Å²) in [7, 11) is 0. The summed E-state index contributed by atoms with van der Waals surface area (Å²) in [6.07, 6.45) is 3.10. The Kier molecular flexibility index (Phi) is 2.23. The van der Waals surface area contributed by atoms with E-state index < -0.39 is 0 Å². The summed E-state index contributed by atoms with van der Waals surface area (Å²) in [5.41, 5.74) is 5.95. The van der Waals surface area contributed by atoms with Crippen LogP contribution in [0.25, 0.3) is 0 Å². The molecule has 0 saturated carbocycles. The van der Waals surface area contributed by atoms with Crippen molar-refractivity contribution in [1.82, 2.24) is 4.98 Å². The molecule has 0 bridgehead atoms. The van der Waals surface area contributed by atoms with Crippen LogP contribution in [0.4, 0.5) is 0 Å². The average molecular weight is 150 g/mol. The Morgan fingerprint density at radius 3 is 3.00 bits per heavy atom. The van der Waals surface area contributed by atoms with Crippen molar-refractivity contribution in [2.75, 3.05) is 0 Å². The minimum atomic E-state index is -0.375. The Bertz CT molecular complexity index is 303. The molecule has 0 spiro atoms. The van der Waals surface area contributed by atoms with E-state index >= 15 is 0 Å². The van der Waals surface area contributed by atoms with Crippen LogP contribution < -0.4 is 11.3 Å². The number of hydrogen-bond acceptors (Lipinski definition) is 2. The van der Waals surface area contributed by atoms with E-state index in [1.807, 2.05) is 0 Å². The third kappa shape index (κ3) is 1.56. The molecule has 3 nitrogen and oxygen atoms in total. The van der Waals surface area contributed by atoms with Crippen LogP contribution in [-0.4, -0.2) is 4.98 Å². The summed E-state index contributed by atoms with van der Waals surface area (Å²) in [6, 6.07) is 3.05. The van der Waals surface area contributed by atoms with Gasteiger partial charge in [-0.15, -0.1) is 6.58 Å². The molecule has 1 aromatic heterocycles. The normalized spacial score (nSPS) is 12.5. The summed E-state index contributed by atoms with van der Waals surface area (Å²) >= 11 is 0. The molecule has 1 aromatic rings. The zero-order chi connectivity index (χ0) is 8.27. The Labute approximate surface area is 64.6 Å². The predicted molar refractivity (Wildman–Crippen MR) is 44.2 cm³/mol. The number of rotatable bonds is 2. The molecule has 11 heavy (non-hydrogen) atoms. The topological polar surface area (TPSA) is 58.9 Å². The summed E-state index contributed by atoms with van der Waals surface area (Å²) < 4.78 is 0. The van der Waals surface area contributed by atoms with Crippen LogP contribution in [0.1, 0.15) is 11.6 Å². The SMILES string of the molecule is C=CC(N)c1ccc[nH]c1=O. The molecule has 1 heterocycles. The largest absolute Gasteiger partial charge is 0.329 e. The van der Waals surface area contributed by atoms with Gasteiger partial charge < -0.3 is 10.7 Å². The summed E-state index contributed by atoms with van der Waals surface area (Å²) in [6.45, 7) is 3.50. The van der Waals surface area contributed by atoms with Gasteiger partial charge in [0.1, 0.15) is 0 Å². The molecule has 0 aliphatic carbocycles. The van der Waals surface area contributed by atoms with Crippen LogP contribution >= 0.6 is 0 Å². The predicted octanol–water partition coefficient (Wildman–Crippen LogP) is 0.561. The van der Waals surface area contributed by atoms with Gasteiger partial charge in [-0.25, -0.2) is 0 Å². The highest BCUT2D eigenvalue weighted by atomic mass is 16.1. The molecule has 0 fully saturated rings. The Hall–Kier alpha value is -1.35. The lowest BCUT2D eigenvalue weighted by Crippen LogP contribution is -2.19. The molecule has 1 atom stereocenters. The van der Waals surface area contributed by atoms with Crippen LogP contribution in [0, 0.1) is 0 Å². The minimum absolute atomic E-state index is 0.153. The third-order valence-corrected chi connectivity index (χ3v) is 1.46. The van der Waals surface area contributed by atoms with Crippen LogP contribution in [0.3, 0.4) is 0 Å². The molecule has 1 unspecified atom stereocenters. The molecule has 0 amide bonds. The van der Waals surface area contributed by atoms with Crippen molar-refractivity contribution in [3.63, 3.8) is 0 Å². The Balaban J connectivity index is 3.13. The fraction of sp³-hybridized carbons (Fsp3) is 0.125. The maximum absolute atomic E-state index is 11.0. The second-order valence-corrected chi connectivity index (χ2v) is 2.22. The molecule has 0 aromatic carbocycles. The quantitative estimate of drug-likeness (QED) is 0.605. The summed E-state index contributed by atoms with van der Waals surface area (Å²) in [5.74, 6) is 0. The van der Waals surface area contributed by atoms with Gasteiger partial charge >= 0.3 is 0 Å². The fourth-order valence-corrected chi connectivity index (χ4v) is 0.824. The first-order valence-corrected chi connectivity index (χ1v) is 3.31. The molecule has 0 radical (unpaired) electrons. The Morgan fingerprint density at radius 1 is 1.73 bits per heavy atom. The number of nitrogens with two attached hydrogens (primary N) is 1. The first-order valence-electron chi connectivity index (χ1n) is 3.31. The first-order chi connectivity index (χ1) is 5.25. The van der Waals surface area contributed by atoms with Crippen LogP contribution in [0.2, 0.25) is 0 Å². The van der Waals surface area contributed by atoms with Gasteiger partial charge in [0.15, 0.2) is 0 Å². The number of pyridine rings is 1. The highest BCUT2D eigenvalue weighted by Gasteiger charge is 2.03. The van der Waals surface area contributed by atoms with Crippen LogP contribution in [0.15, 0.2) is 35.8 Å². The van der Waals surface area contributed by atoms with E-state index in [1.165, 1.54) is 6.08 Å². The van der Waals surface area contributed by atoms with Crippen molar-refractivity contribution >= 4 is 0 Å². The molecule has 0 saturated heterocycles. The van der Waals surface area contributed by atoms with E-state index in [9.17, 15) is 4.79 Å². The van der Waals surface area contributed by atoms with E-state index in [4.69, 9.17) is 5.73 Å². The van der Waals surface area contributed by atoms with Gasteiger partial charge in [-0.1, -0.05) is 12.1 Å². The maximum atomic E-state index is 11.0. The molecule has 1 rings (SSSR count). The third-order valence-electron chi connectivity index (χ3n) is 1.46. The lowest BCUT2D eigenvalue weighted by molar-refractivity contribution is 0.887. The highest BCUT2D eigenvalue weighted by Crippen LogP contribution is 2.02. The standard InChI is InChI=1S/C8H10N2O/c1-2-7(9)6-4-3-5-10-8(6)11/h2-5,7H,1,9H2,(H,10,11). The Morgan fingerprint density at radius 2 is 2.45 bits per heavy atom. The average Bonchev–Trinajstić information content (AvgIpc) is 2.04. The molecule has 58 valence electrons. The second-order valence-electron chi connectivity index (χ2n) is 2.22. The number of aromatic nitrogens is 1. The van der Waals surface area contributed by atoms with Gasteiger partial charge in [-0.05, 0) is 6.07 Å². The lowest BCUT2D eigenvalue weighted by atomic mass is 10.1. The zero-order valence-corrected chi connectivity index (χ0v) is 6.08. The van der Waals surface area contributed by atoms with E-state index in [0.29, 0.717) is 5.56 Å². The molecular formula is C8H10N2O. The number of H-pyrrole nitrogens is 1. The highest BCUT2D eigenvalue weighted by molar-refractivity contribution is 5.17. The van der Waals surface area contributed by atoms with Gasteiger partial charge in [0.05, 0.1) is 6.04 Å². The molecule has 3 heteroatoms. The van der Waals surface area contributed by atoms with Gasteiger partial charge in [0.25, 0.3) is 5.56 Å². The van der Waals surface area contributed by atoms with Crippen molar-refractivity contribution in [3.05, 3.63) is 46.9 Å². The summed E-state index contributed by atoms with van der Waals surface area (Å²) in [5, 5.41) is 0. The maximum Gasteiger partial charge on any atom is 0.253 e. The second kappa shape index (κ2) is 3.16. The summed E-state index contributed by atoms with van der Waals surface area (Å²) in [4.78, 5) is 13.6. The van der Waals surface area contributed by atoms with E-state index in [2.05, 4.69) is 11.6 Å². The molecule has 0 aliphatic heterocycles. The van der Waals surface area contributed by atoms with Crippen molar-refractivity contribution in [1.29, 1.82) is 0 Å². The van der Waals surface area contributed by atoms with E-state index in [-0.39, 0.29) is 11.6 Å². The molecule has 0 aliphatic rings. The zero-order valence-electron chi connectivity index (χ0n) is 6.08. The van der Waals surface area contributed by atoms with Gasteiger partial charge in [-0.2, -0.15) is 0 Å². The number of aromatic amines is 1. The van der Waals surface area contributed by atoms with Crippen molar-refractivity contribution in [2.24, 2.45) is 5.73 Å². The molecule has 3 N–H and O–H groups in total. The van der Waals surface area contributed by atoms with E-state index in [0.717, 1.165) is 0 Å². The van der Waals surface area contributed by atoms with Crippen molar-refractivity contribution in [3.8, 4) is 0 Å². The number of hydrogen-bond donors (Lipinski definition) is 2. The fourth-order valence-electron chi connectivity index (χ4n) is 0.824. The lowest BCUT2D eigenvalue weighted by Gasteiger charge is -2.02. The van der Waals surface area contributed by atoms with E-state index in [1.54, 1.807) is 18.3 Å². The first kappa shape index (κ1) is 7.75. The van der Waals surface area contributed by atoms with Crippen LogP contribution in [0.5, 0.6) is 0 Å². The number of nitrogens with one attached hydrogen (secondary N) is 1. The smallest absolute Gasteiger partial charge is 0.253 e. The van der Waals surface area contributed by atoms with Gasteiger partial charge in [0, 0.05) is 11.8 Å².